The number of halogens is 1. The second kappa shape index (κ2) is 5.27. The summed E-state index contributed by atoms with van der Waals surface area (Å²) in [6, 6.07) is 4.32. The number of methoxy groups -OCH3 is 1. The molecule has 1 aromatic rings. The van der Waals surface area contributed by atoms with Crippen LogP contribution in [0.2, 0.25) is 0 Å². The van der Waals surface area contributed by atoms with E-state index in [0.29, 0.717) is 18.5 Å². The van der Waals surface area contributed by atoms with Crippen LogP contribution >= 0.6 is 0 Å². The summed E-state index contributed by atoms with van der Waals surface area (Å²) in [6.45, 7) is -0.114. The Balaban J connectivity index is 2.27. The summed E-state index contributed by atoms with van der Waals surface area (Å²) >= 11 is 0. The first-order chi connectivity index (χ1) is 8.61. The largest absolute Gasteiger partial charge is 0.377 e. The van der Waals surface area contributed by atoms with Gasteiger partial charge < -0.3 is 9.64 Å². The fourth-order valence-corrected chi connectivity index (χ4v) is 2.07. The van der Waals surface area contributed by atoms with Gasteiger partial charge in [-0.15, -0.1) is 0 Å². The molecule has 0 unspecified atom stereocenters. The number of fused-ring (bicyclic) bond motifs is 1. The van der Waals surface area contributed by atoms with Gasteiger partial charge in [0.25, 0.3) is 0 Å². The van der Waals surface area contributed by atoms with Crippen LogP contribution in [-0.2, 0) is 20.7 Å². The predicted octanol–water partition coefficient (Wildman–Crippen LogP) is 1.32. The van der Waals surface area contributed by atoms with Crippen molar-refractivity contribution in [3.63, 3.8) is 0 Å². The molecule has 1 aromatic carbocycles. The number of amides is 1. The summed E-state index contributed by atoms with van der Waals surface area (Å²) in [5, 5.41) is 0. The number of ether oxygens (including phenoxy) is 1. The van der Waals surface area contributed by atoms with Crippen molar-refractivity contribution in [3.05, 3.63) is 29.6 Å². The highest BCUT2D eigenvalue weighted by atomic mass is 19.1. The van der Waals surface area contributed by atoms with E-state index in [-0.39, 0.29) is 24.8 Å². The molecule has 0 spiro atoms. The van der Waals surface area contributed by atoms with E-state index in [1.54, 1.807) is 6.07 Å². The number of anilines is 1. The third kappa shape index (κ3) is 2.56. The van der Waals surface area contributed by atoms with Crippen LogP contribution in [0.15, 0.2) is 18.2 Å². The maximum atomic E-state index is 13.2. The Morgan fingerprint density at radius 3 is 2.94 bits per heavy atom. The lowest BCUT2D eigenvalue weighted by atomic mass is 10.0. The summed E-state index contributed by atoms with van der Waals surface area (Å²) in [7, 11) is 1.42. The highest BCUT2D eigenvalue weighted by Crippen LogP contribution is 2.28. The summed E-state index contributed by atoms with van der Waals surface area (Å²) in [6.07, 6.45) is 0.933. The zero-order valence-corrected chi connectivity index (χ0v) is 10.1. The topological polar surface area (TPSA) is 46.6 Å². The van der Waals surface area contributed by atoms with Gasteiger partial charge in [-0.25, -0.2) is 4.39 Å². The molecular weight excluding hydrogens is 237 g/mol. The number of ketones is 1. The molecule has 0 aromatic heterocycles. The van der Waals surface area contributed by atoms with E-state index in [1.807, 2.05) is 0 Å². The van der Waals surface area contributed by atoms with Gasteiger partial charge in [-0.1, -0.05) is 6.07 Å². The van der Waals surface area contributed by atoms with Crippen LogP contribution in [0, 0.1) is 5.82 Å². The Kier molecular flexibility index (Phi) is 3.72. The van der Waals surface area contributed by atoms with E-state index in [4.69, 9.17) is 4.74 Å². The van der Waals surface area contributed by atoms with Crippen molar-refractivity contribution >= 4 is 17.4 Å². The minimum Gasteiger partial charge on any atom is -0.377 e. The summed E-state index contributed by atoms with van der Waals surface area (Å²) in [5.74, 6) is -0.770. The van der Waals surface area contributed by atoms with Crippen LogP contribution in [0.4, 0.5) is 10.1 Å². The van der Waals surface area contributed by atoms with Gasteiger partial charge in [0, 0.05) is 13.5 Å². The third-order valence-corrected chi connectivity index (χ3v) is 2.89. The molecule has 0 fully saturated rings. The number of Topliss-reactive ketones (excluding diaryl/α,β-unsaturated/α-hetero) is 1. The molecule has 0 radical (unpaired) electrons. The maximum absolute atomic E-state index is 13.2. The fraction of sp³-hybridized carbons (Fsp3) is 0.385. The van der Waals surface area contributed by atoms with E-state index < -0.39 is 5.82 Å². The SMILES string of the molecule is COCC(=O)CN1C(=O)CCc2ccc(F)cc21. The number of nitrogens with zero attached hydrogens (tertiary/aromatic N) is 1. The molecule has 0 N–H and O–H groups in total. The van der Waals surface area contributed by atoms with Crippen molar-refractivity contribution in [2.75, 3.05) is 25.2 Å². The Hall–Kier alpha value is -1.75. The number of aryl methyl sites for hydroxylation is 1. The smallest absolute Gasteiger partial charge is 0.227 e. The van der Waals surface area contributed by atoms with Crippen LogP contribution in [0.3, 0.4) is 0 Å². The first kappa shape index (κ1) is 12.7. The van der Waals surface area contributed by atoms with Crippen LogP contribution in [0.1, 0.15) is 12.0 Å². The van der Waals surface area contributed by atoms with Gasteiger partial charge in [0.2, 0.25) is 5.91 Å². The molecule has 0 bridgehead atoms. The lowest BCUT2D eigenvalue weighted by molar-refractivity contribution is -0.124. The monoisotopic (exact) mass is 251 g/mol. The molecule has 1 aliphatic heterocycles. The normalized spacial score (nSPS) is 14.6. The maximum Gasteiger partial charge on any atom is 0.227 e. The molecule has 0 atom stereocenters. The molecule has 1 heterocycles. The minimum atomic E-state index is -0.410. The Morgan fingerprint density at radius 1 is 1.44 bits per heavy atom. The molecule has 0 aliphatic carbocycles. The Bertz CT molecular complexity index is 487. The van der Waals surface area contributed by atoms with Crippen molar-refractivity contribution in [2.24, 2.45) is 0 Å². The molecule has 18 heavy (non-hydrogen) atoms. The zero-order valence-electron chi connectivity index (χ0n) is 10.1. The van der Waals surface area contributed by atoms with Gasteiger partial charge in [-0.3, -0.25) is 9.59 Å². The standard InChI is InChI=1S/C13H14FNO3/c1-18-8-11(16)7-15-12-6-10(14)4-2-9(12)3-5-13(15)17/h2,4,6H,3,5,7-8H2,1H3. The van der Waals surface area contributed by atoms with Crippen molar-refractivity contribution in [2.45, 2.75) is 12.8 Å². The molecule has 0 saturated heterocycles. The first-order valence-corrected chi connectivity index (χ1v) is 5.71. The minimum absolute atomic E-state index is 0.0472. The molecule has 1 aliphatic rings. The van der Waals surface area contributed by atoms with Crippen molar-refractivity contribution in [3.8, 4) is 0 Å². The van der Waals surface area contributed by atoms with E-state index >= 15 is 0 Å². The van der Waals surface area contributed by atoms with Gasteiger partial charge in [-0.2, -0.15) is 0 Å². The molecule has 0 saturated carbocycles. The molecule has 5 heteroatoms. The van der Waals surface area contributed by atoms with Gasteiger partial charge >= 0.3 is 0 Å². The van der Waals surface area contributed by atoms with Gasteiger partial charge in [0.15, 0.2) is 5.78 Å². The van der Waals surface area contributed by atoms with Crippen LogP contribution in [0.5, 0.6) is 0 Å². The molecule has 2 rings (SSSR count). The van der Waals surface area contributed by atoms with Crippen LogP contribution in [-0.4, -0.2) is 32.0 Å². The number of rotatable bonds is 4. The highest BCUT2D eigenvalue weighted by molar-refractivity contribution is 6.01. The zero-order chi connectivity index (χ0) is 13.1. The lowest BCUT2D eigenvalue weighted by Crippen LogP contribution is -2.40. The average molecular weight is 251 g/mol. The molecule has 4 nitrogen and oxygen atoms in total. The molecule has 1 amide bonds. The number of benzene rings is 1. The van der Waals surface area contributed by atoms with Crippen molar-refractivity contribution in [1.29, 1.82) is 0 Å². The van der Waals surface area contributed by atoms with E-state index in [1.165, 1.54) is 24.1 Å². The van der Waals surface area contributed by atoms with E-state index in [9.17, 15) is 14.0 Å². The lowest BCUT2D eigenvalue weighted by Gasteiger charge is -2.28. The second-order valence-corrected chi connectivity index (χ2v) is 4.22. The van der Waals surface area contributed by atoms with E-state index in [2.05, 4.69) is 0 Å². The van der Waals surface area contributed by atoms with Gasteiger partial charge in [0.1, 0.15) is 12.4 Å². The predicted molar refractivity (Wildman–Crippen MR) is 64.0 cm³/mol. The number of hydrogen-bond acceptors (Lipinski definition) is 3. The quantitative estimate of drug-likeness (QED) is 0.810. The van der Waals surface area contributed by atoms with Gasteiger partial charge in [0.05, 0.1) is 12.2 Å². The van der Waals surface area contributed by atoms with E-state index in [0.717, 1.165) is 5.56 Å². The fourth-order valence-electron chi connectivity index (χ4n) is 2.07. The Labute approximate surface area is 104 Å². The summed E-state index contributed by atoms with van der Waals surface area (Å²) < 4.78 is 18.0. The average Bonchev–Trinajstić information content (AvgIpc) is 2.33. The second-order valence-electron chi connectivity index (χ2n) is 4.22. The van der Waals surface area contributed by atoms with Crippen LogP contribution in [0.25, 0.3) is 0 Å². The molecule has 96 valence electrons. The number of hydrogen-bond donors (Lipinski definition) is 0. The number of carbonyl (C=O) groups excluding carboxylic acids is 2. The Morgan fingerprint density at radius 2 is 2.22 bits per heavy atom. The van der Waals surface area contributed by atoms with Gasteiger partial charge in [-0.05, 0) is 24.1 Å². The highest BCUT2D eigenvalue weighted by Gasteiger charge is 2.26. The third-order valence-electron chi connectivity index (χ3n) is 2.89. The van der Waals surface area contributed by atoms with Crippen molar-refractivity contribution < 1.29 is 18.7 Å². The summed E-state index contributed by atoms with van der Waals surface area (Å²) in [5.41, 5.74) is 1.39. The summed E-state index contributed by atoms with van der Waals surface area (Å²) in [4.78, 5) is 24.7. The van der Waals surface area contributed by atoms with Crippen LogP contribution < -0.4 is 4.90 Å². The molecular formula is C13H14FNO3. The van der Waals surface area contributed by atoms with Crippen molar-refractivity contribution in [1.82, 2.24) is 0 Å². The number of carbonyl (C=O) groups is 2. The first-order valence-electron chi connectivity index (χ1n) is 5.71.